The van der Waals surface area contributed by atoms with Gasteiger partial charge in [-0.05, 0) is 33.1 Å². The number of halogens is 1. The van der Waals surface area contributed by atoms with Crippen LogP contribution in [0, 0.1) is 5.41 Å². The maximum atomic E-state index is 12.8. The van der Waals surface area contributed by atoms with Crippen LogP contribution in [0.3, 0.4) is 0 Å². The first-order valence-electron chi connectivity index (χ1n) is 8.33. The van der Waals surface area contributed by atoms with E-state index in [0.717, 1.165) is 19.3 Å². The van der Waals surface area contributed by atoms with Crippen molar-refractivity contribution in [1.82, 2.24) is 4.90 Å². The Kier molecular flexibility index (Phi) is 6.16. The molecule has 0 spiro atoms. The molecule has 0 unspecified atom stereocenters. The van der Waals surface area contributed by atoms with E-state index in [9.17, 15) is 9.59 Å². The average molecular weight is 369 g/mol. The van der Waals surface area contributed by atoms with Crippen LogP contribution in [0.25, 0.3) is 0 Å². The van der Waals surface area contributed by atoms with Gasteiger partial charge in [-0.3, -0.25) is 9.59 Å². The Bertz CT molecular complexity index is 655. The molecular formula is C18H25ClN2O4. The Morgan fingerprint density at radius 3 is 2.24 bits per heavy atom. The SMILES string of the molecule is COc1cc(NC(=O)C(C)(C)C(=O)N2CCCCC2)c(OC)cc1Cl. The van der Waals surface area contributed by atoms with Crippen LogP contribution in [0.1, 0.15) is 33.1 Å². The number of carbonyl (C=O) groups is 2. The molecule has 1 fully saturated rings. The summed E-state index contributed by atoms with van der Waals surface area (Å²) in [7, 11) is 2.97. The summed E-state index contributed by atoms with van der Waals surface area (Å²) in [5, 5.41) is 3.15. The number of benzene rings is 1. The van der Waals surface area contributed by atoms with Gasteiger partial charge in [-0.1, -0.05) is 11.6 Å². The highest BCUT2D eigenvalue weighted by molar-refractivity contribution is 6.32. The zero-order valence-corrected chi connectivity index (χ0v) is 15.9. The highest BCUT2D eigenvalue weighted by Gasteiger charge is 2.39. The molecule has 1 saturated heterocycles. The summed E-state index contributed by atoms with van der Waals surface area (Å²) in [6.45, 7) is 4.68. The highest BCUT2D eigenvalue weighted by Crippen LogP contribution is 2.36. The normalized spacial score (nSPS) is 14.8. The van der Waals surface area contributed by atoms with Gasteiger partial charge in [0.2, 0.25) is 11.8 Å². The number of ether oxygens (including phenoxy) is 2. The lowest BCUT2D eigenvalue weighted by atomic mass is 9.89. The lowest BCUT2D eigenvalue weighted by molar-refractivity contribution is -0.147. The molecule has 2 rings (SSSR count). The Morgan fingerprint density at radius 2 is 1.68 bits per heavy atom. The molecule has 0 aromatic heterocycles. The van der Waals surface area contributed by atoms with E-state index < -0.39 is 11.3 Å². The molecular weight excluding hydrogens is 344 g/mol. The van der Waals surface area contributed by atoms with Crippen molar-refractivity contribution in [2.45, 2.75) is 33.1 Å². The molecule has 2 amide bonds. The Labute approximate surface area is 153 Å². The third-order valence-corrected chi connectivity index (χ3v) is 4.76. The van der Waals surface area contributed by atoms with Gasteiger partial charge in [-0.2, -0.15) is 0 Å². The Hall–Kier alpha value is -1.95. The molecule has 0 atom stereocenters. The lowest BCUT2D eigenvalue weighted by Crippen LogP contribution is -2.49. The standard InChI is InChI=1S/C18H25ClN2O4/c1-18(2,17(23)21-8-6-5-7-9-21)16(22)20-13-11-14(24-3)12(19)10-15(13)25-4/h10-11H,5-9H2,1-4H3,(H,20,22). The van der Waals surface area contributed by atoms with Crippen LogP contribution in [0.15, 0.2) is 12.1 Å². The highest BCUT2D eigenvalue weighted by atomic mass is 35.5. The van der Waals surface area contributed by atoms with Crippen molar-refractivity contribution in [2.75, 3.05) is 32.6 Å². The maximum Gasteiger partial charge on any atom is 0.239 e. The number of rotatable bonds is 5. The van der Waals surface area contributed by atoms with Crippen LogP contribution in [0.4, 0.5) is 5.69 Å². The second kappa shape index (κ2) is 7.95. The molecule has 1 aromatic carbocycles. The van der Waals surface area contributed by atoms with Crippen molar-refractivity contribution in [3.05, 3.63) is 17.2 Å². The van der Waals surface area contributed by atoms with E-state index in [-0.39, 0.29) is 5.91 Å². The minimum Gasteiger partial charge on any atom is -0.495 e. The van der Waals surface area contributed by atoms with Crippen molar-refractivity contribution < 1.29 is 19.1 Å². The van der Waals surface area contributed by atoms with Gasteiger partial charge in [-0.15, -0.1) is 0 Å². The minimum atomic E-state index is -1.19. The van der Waals surface area contributed by atoms with Crippen molar-refractivity contribution in [3.8, 4) is 11.5 Å². The summed E-state index contributed by atoms with van der Waals surface area (Å²) in [6, 6.07) is 3.15. The lowest BCUT2D eigenvalue weighted by Gasteiger charge is -2.33. The first-order valence-corrected chi connectivity index (χ1v) is 8.71. The predicted molar refractivity (Wildman–Crippen MR) is 97.4 cm³/mol. The molecule has 25 heavy (non-hydrogen) atoms. The number of amides is 2. The van der Waals surface area contributed by atoms with Crippen molar-refractivity contribution in [1.29, 1.82) is 0 Å². The van der Waals surface area contributed by atoms with E-state index in [1.807, 2.05) is 0 Å². The molecule has 1 aromatic rings. The first-order chi connectivity index (χ1) is 11.8. The first kappa shape index (κ1) is 19.4. The van der Waals surface area contributed by atoms with Gasteiger partial charge in [0.1, 0.15) is 16.9 Å². The van der Waals surface area contributed by atoms with Gasteiger partial charge in [-0.25, -0.2) is 0 Å². The zero-order valence-electron chi connectivity index (χ0n) is 15.1. The average Bonchev–Trinajstić information content (AvgIpc) is 2.62. The van der Waals surface area contributed by atoms with Gasteiger partial charge in [0.05, 0.1) is 24.9 Å². The quantitative estimate of drug-likeness (QED) is 0.809. The zero-order chi connectivity index (χ0) is 18.6. The number of likely N-dealkylation sites (tertiary alicyclic amines) is 1. The molecule has 138 valence electrons. The summed E-state index contributed by atoms with van der Waals surface area (Å²) in [6.07, 6.45) is 3.08. The second-order valence-corrected chi connectivity index (χ2v) is 7.03. The number of hydrogen-bond donors (Lipinski definition) is 1. The molecule has 1 heterocycles. The summed E-state index contributed by atoms with van der Waals surface area (Å²) in [4.78, 5) is 27.3. The summed E-state index contributed by atoms with van der Waals surface area (Å²) < 4.78 is 10.4. The van der Waals surface area contributed by atoms with Crippen LogP contribution in [0.2, 0.25) is 5.02 Å². The topological polar surface area (TPSA) is 67.9 Å². The smallest absolute Gasteiger partial charge is 0.239 e. The summed E-state index contributed by atoms with van der Waals surface area (Å²) in [5.74, 6) is 0.258. The van der Waals surface area contributed by atoms with Crippen LogP contribution in [0.5, 0.6) is 11.5 Å². The van der Waals surface area contributed by atoms with Crippen LogP contribution >= 0.6 is 11.6 Å². The van der Waals surface area contributed by atoms with E-state index in [2.05, 4.69) is 5.32 Å². The number of anilines is 1. The number of nitrogens with zero attached hydrogens (tertiary/aromatic N) is 1. The molecule has 1 N–H and O–H groups in total. The molecule has 0 bridgehead atoms. The fraction of sp³-hybridized carbons (Fsp3) is 0.556. The molecule has 1 aliphatic rings. The number of hydrogen-bond acceptors (Lipinski definition) is 4. The number of carbonyl (C=O) groups excluding carboxylic acids is 2. The number of nitrogens with one attached hydrogen (secondary N) is 1. The fourth-order valence-corrected chi connectivity index (χ4v) is 3.06. The molecule has 7 heteroatoms. The molecule has 6 nitrogen and oxygen atoms in total. The number of methoxy groups -OCH3 is 2. The maximum absolute atomic E-state index is 12.8. The van der Waals surface area contributed by atoms with Crippen molar-refractivity contribution in [3.63, 3.8) is 0 Å². The van der Waals surface area contributed by atoms with Crippen LogP contribution in [-0.2, 0) is 9.59 Å². The van der Waals surface area contributed by atoms with Gasteiger partial charge in [0, 0.05) is 25.2 Å². The van der Waals surface area contributed by atoms with Crippen LogP contribution in [-0.4, -0.2) is 44.0 Å². The van der Waals surface area contributed by atoms with E-state index in [4.69, 9.17) is 21.1 Å². The minimum absolute atomic E-state index is 0.162. The molecule has 0 saturated carbocycles. The van der Waals surface area contributed by atoms with Crippen LogP contribution < -0.4 is 14.8 Å². The fourth-order valence-electron chi connectivity index (χ4n) is 2.83. The van der Waals surface area contributed by atoms with Gasteiger partial charge in [0.15, 0.2) is 0 Å². The van der Waals surface area contributed by atoms with Gasteiger partial charge in [0.25, 0.3) is 0 Å². The second-order valence-electron chi connectivity index (χ2n) is 6.62. The molecule has 0 aliphatic carbocycles. The number of piperidine rings is 1. The summed E-state index contributed by atoms with van der Waals surface area (Å²) in [5.41, 5.74) is -0.775. The van der Waals surface area contributed by atoms with E-state index in [0.29, 0.717) is 35.3 Å². The third kappa shape index (κ3) is 4.18. The predicted octanol–water partition coefficient (Wildman–Crippen LogP) is 3.33. The van der Waals surface area contributed by atoms with E-state index in [1.54, 1.807) is 30.9 Å². The van der Waals surface area contributed by atoms with Gasteiger partial charge < -0.3 is 19.7 Å². The molecule has 1 aliphatic heterocycles. The monoisotopic (exact) mass is 368 g/mol. The molecule has 0 radical (unpaired) electrons. The van der Waals surface area contributed by atoms with Gasteiger partial charge >= 0.3 is 0 Å². The third-order valence-electron chi connectivity index (χ3n) is 4.47. The van der Waals surface area contributed by atoms with Crippen molar-refractivity contribution in [2.24, 2.45) is 5.41 Å². The van der Waals surface area contributed by atoms with E-state index in [1.165, 1.54) is 14.2 Å². The van der Waals surface area contributed by atoms with Crippen molar-refractivity contribution >= 4 is 29.1 Å². The summed E-state index contributed by atoms with van der Waals surface area (Å²) >= 11 is 6.08. The largest absolute Gasteiger partial charge is 0.495 e. The Morgan fingerprint density at radius 1 is 1.08 bits per heavy atom. The van der Waals surface area contributed by atoms with E-state index >= 15 is 0 Å². The Balaban J connectivity index is 2.21.